The zero-order valence-corrected chi connectivity index (χ0v) is 14.0. The summed E-state index contributed by atoms with van der Waals surface area (Å²) in [7, 11) is 0. The van der Waals surface area contributed by atoms with Crippen LogP contribution in [0.2, 0.25) is 0 Å². The van der Waals surface area contributed by atoms with Gasteiger partial charge in [0.2, 0.25) is 0 Å². The Morgan fingerprint density at radius 3 is 1.46 bits per heavy atom. The van der Waals surface area contributed by atoms with E-state index in [1.807, 2.05) is 72.8 Å². The molecular weight excluding hydrogens is 324 g/mol. The summed E-state index contributed by atoms with van der Waals surface area (Å²) in [5, 5.41) is 0. The van der Waals surface area contributed by atoms with Gasteiger partial charge < -0.3 is 4.42 Å². The molecule has 0 saturated carbocycles. The molecule has 0 saturated heterocycles. The van der Waals surface area contributed by atoms with E-state index in [4.69, 9.17) is 4.42 Å². The quantitative estimate of drug-likeness (QED) is 0.615. The van der Waals surface area contributed by atoms with Crippen molar-refractivity contribution in [1.29, 1.82) is 0 Å². The summed E-state index contributed by atoms with van der Waals surface area (Å²) < 4.78 is 6.26. The predicted octanol–water partition coefficient (Wildman–Crippen LogP) is 5.18. The third-order valence-corrected chi connectivity index (χ3v) is 4.43. The molecule has 1 heterocycles. The molecule has 3 aromatic rings. The van der Waals surface area contributed by atoms with Crippen LogP contribution in [0.1, 0.15) is 17.5 Å². The average molecular weight is 340 g/mol. The molecule has 0 aliphatic heterocycles. The number of furan rings is 1. The summed E-state index contributed by atoms with van der Waals surface area (Å²) in [5.74, 6) is 1.39. The van der Waals surface area contributed by atoms with Gasteiger partial charge in [-0.1, -0.05) is 60.7 Å². The summed E-state index contributed by atoms with van der Waals surface area (Å²) in [6, 6.07) is 19.5. The topological polar surface area (TPSA) is 47.3 Å². The number of allylic oxidation sites excluding steroid dienone is 2. The molecule has 3 nitrogen and oxygen atoms in total. The molecule has 4 rings (SSSR count). The lowest BCUT2D eigenvalue weighted by Crippen LogP contribution is -1.89. The van der Waals surface area contributed by atoms with Crippen LogP contribution in [0.3, 0.4) is 0 Å². The monoisotopic (exact) mass is 340 g/mol. The van der Waals surface area contributed by atoms with E-state index in [0.717, 1.165) is 34.8 Å². The van der Waals surface area contributed by atoms with Gasteiger partial charge in [0, 0.05) is 28.7 Å². The van der Waals surface area contributed by atoms with Crippen LogP contribution in [-0.2, 0) is 9.59 Å². The molecule has 1 aliphatic rings. The van der Waals surface area contributed by atoms with E-state index in [1.165, 1.54) is 0 Å². The maximum atomic E-state index is 11.5. The molecule has 0 N–H and O–H groups in total. The van der Waals surface area contributed by atoms with E-state index < -0.39 is 0 Å². The molecule has 0 bridgehead atoms. The summed E-state index contributed by atoms with van der Waals surface area (Å²) in [5.41, 5.74) is 4.62. The fourth-order valence-electron chi connectivity index (χ4n) is 3.21. The van der Waals surface area contributed by atoms with Crippen molar-refractivity contribution in [3.8, 4) is 22.6 Å². The van der Waals surface area contributed by atoms with Gasteiger partial charge >= 0.3 is 0 Å². The van der Waals surface area contributed by atoms with Gasteiger partial charge in [-0.3, -0.25) is 9.59 Å². The van der Waals surface area contributed by atoms with Crippen molar-refractivity contribution >= 4 is 24.7 Å². The Labute approximate surface area is 151 Å². The van der Waals surface area contributed by atoms with E-state index in [9.17, 15) is 9.59 Å². The van der Waals surface area contributed by atoms with E-state index in [0.29, 0.717) is 29.1 Å². The first-order valence-corrected chi connectivity index (χ1v) is 8.39. The van der Waals surface area contributed by atoms with Crippen molar-refractivity contribution in [1.82, 2.24) is 0 Å². The Morgan fingerprint density at radius 2 is 1.08 bits per heavy atom. The van der Waals surface area contributed by atoms with E-state index in [-0.39, 0.29) is 0 Å². The molecule has 0 unspecified atom stereocenters. The van der Waals surface area contributed by atoms with Crippen LogP contribution in [0, 0.1) is 0 Å². The molecular formula is C23H16O3. The SMILES string of the molecule is O=CC1=Cc2c(-c3ccccc3)oc(-c3ccccc3)c2C=C(C=O)C1. The summed E-state index contributed by atoms with van der Waals surface area (Å²) in [6.07, 6.45) is 5.58. The van der Waals surface area contributed by atoms with Gasteiger partial charge in [0.1, 0.15) is 24.1 Å². The molecule has 0 fully saturated rings. The lowest BCUT2D eigenvalue weighted by atomic mass is 10.0. The minimum atomic E-state index is 0.324. The molecule has 126 valence electrons. The number of carbonyl (C=O) groups excluding carboxylic acids is 2. The molecule has 0 spiro atoms. The van der Waals surface area contributed by atoms with Crippen LogP contribution in [0.4, 0.5) is 0 Å². The third kappa shape index (κ3) is 2.84. The van der Waals surface area contributed by atoms with Crippen molar-refractivity contribution in [2.75, 3.05) is 0 Å². The molecule has 0 radical (unpaired) electrons. The molecule has 1 aliphatic carbocycles. The normalized spacial score (nSPS) is 13.2. The third-order valence-electron chi connectivity index (χ3n) is 4.43. The predicted molar refractivity (Wildman–Crippen MR) is 102 cm³/mol. The second-order valence-corrected chi connectivity index (χ2v) is 6.17. The molecule has 3 heteroatoms. The largest absolute Gasteiger partial charge is 0.455 e. The summed E-state index contributed by atoms with van der Waals surface area (Å²) in [4.78, 5) is 22.9. The highest BCUT2D eigenvalue weighted by Gasteiger charge is 2.23. The maximum absolute atomic E-state index is 11.5. The number of fused-ring (bicyclic) bond motifs is 1. The Morgan fingerprint density at radius 1 is 0.654 bits per heavy atom. The molecule has 2 aromatic carbocycles. The zero-order chi connectivity index (χ0) is 17.9. The van der Waals surface area contributed by atoms with E-state index >= 15 is 0 Å². The Hall–Kier alpha value is -3.46. The first-order valence-electron chi connectivity index (χ1n) is 8.39. The van der Waals surface area contributed by atoms with E-state index in [2.05, 4.69) is 0 Å². The second kappa shape index (κ2) is 6.81. The van der Waals surface area contributed by atoms with Gasteiger partial charge in [0.15, 0.2) is 0 Å². The highest BCUT2D eigenvalue weighted by molar-refractivity contribution is 5.97. The van der Waals surface area contributed by atoms with Crippen LogP contribution >= 0.6 is 0 Å². The van der Waals surface area contributed by atoms with Crippen LogP contribution in [-0.4, -0.2) is 12.6 Å². The van der Waals surface area contributed by atoms with Crippen molar-refractivity contribution in [3.63, 3.8) is 0 Å². The molecule has 0 atom stereocenters. The van der Waals surface area contributed by atoms with Gasteiger partial charge in [-0.15, -0.1) is 0 Å². The number of carbonyl (C=O) groups is 2. The number of hydrogen-bond acceptors (Lipinski definition) is 3. The molecule has 26 heavy (non-hydrogen) atoms. The number of benzene rings is 2. The highest BCUT2D eigenvalue weighted by Crippen LogP contribution is 2.41. The Bertz CT molecular complexity index is 940. The first-order chi connectivity index (χ1) is 12.8. The van der Waals surface area contributed by atoms with Crippen LogP contribution < -0.4 is 0 Å². The fraction of sp³-hybridized carbons (Fsp3) is 0.0435. The lowest BCUT2D eigenvalue weighted by Gasteiger charge is -2.01. The second-order valence-electron chi connectivity index (χ2n) is 6.17. The van der Waals surface area contributed by atoms with Crippen LogP contribution in [0.15, 0.2) is 76.2 Å². The van der Waals surface area contributed by atoms with Crippen LogP contribution in [0.5, 0.6) is 0 Å². The number of rotatable bonds is 4. The highest BCUT2D eigenvalue weighted by atomic mass is 16.3. The molecule has 1 aromatic heterocycles. The van der Waals surface area contributed by atoms with Gasteiger partial charge in [-0.25, -0.2) is 0 Å². The Kier molecular flexibility index (Phi) is 4.20. The first kappa shape index (κ1) is 16.0. The standard InChI is InChI=1S/C23H16O3/c24-14-16-11-17(15-25)13-21-20(12-16)22(18-7-3-1-4-8-18)26-23(21)19-9-5-2-6-10-19/h1-10,12-15H,11H2. The van der Waals surface area contributed by atoms with Crippen LogP contribution in [0.25, 0.3) is 34.8 Å². The minimum absolute atomic E-state index is 0.324. The smallest absolute Gasteiger partial charge is 0.146 e. The van der Waals surface area contributed by atoms with Crippen molar-refractivity contribution in [2.24, 2.45) is 0 Å². The fourth-order valence-corrected chi connectivity index (χ4v) is 3.21. The lowest BCUT2D eigenvalue weighted by molar-refractivity contribution is -0.105. The van der Waals surface area contributed by atoms with Gasteiger partial charge in [-0.2, -0.15) is 0 Å². The Balaban J connectivity index is 2.04. The number of hydrogen-bond donors (Lipinski definition) is 0. The van der Waals surface area contributed by atoms with Crippen molar-refractivity contribution in [2.45, 2.75) is 6.42 Å². The summed E-state index contributed by atoms with van der Waals surface area (Å²) >= 11 is 0. The zero-order valence-electron chi connectivity index (χ0n) is 14.0. The van der Waals surface area contributed by atoms with E-state index in [1.54, 1.807) is 0 Å². The van der Waals surface area contributed by atoms with Crippen molar-refractivity contribution in [3.05, 3.63) is 82.9 Å². The number of aldehydes is 2. The maximum Gasteiger partial charge on any atom is 0.146 e. The minimum Gasteiger partial charge on any atom is -0.455 e. The van der Waals surface area contributed by atoms with Crippen molar-refractivity contribution < 1.29 is 14.0 Å². The molecule has 0 amide bonds. The van der Waals surface area contributed by atoms with Gasteiger partial charge in [-0.05, 0) is 23.3 Å². The average Bonchev–Trinajstić information content (AvgIpc) is 2.94. The van der Waals surface area contributed by atoms with Gasteiger partial charge in [0.25, 0.3) is 0 Å². The van der Waals surface area contributed by atoms with Gasteiger partial charge in [0.05, 0.1) is 0 Å². The summed E-state index contributed by atoms with van der Waals surface area (Å²) in [6.45, 7) is 0.